The van der Waals surface area contributed by atoms with Crippen molar-refractivity contribution in [1.29, 1.82) is 0 Å². The number of nitrogens with zero attached hydrogens (tertiary/aromatic N) is 1. The van der Waals surface area contributed by atoms with Crippen LogP contribution in [-0.4, -0.2) is 46.3 Å². The van der Waals surface area contributed by atoms with E-state index in [-0.39, 0.29) is 25.4 Å². The quantitative estimate of drug-likeness (QED) is 0.882. The number of aliphatic hydroxyl groups is 2. The van der Waals surface area contributed by atoms with Gasteiger partial charge in [0.15, 0.2) is 0 Å². The molecule has 116 valence electrons. The Morgan fingerprint density at radius 1 is 1.14 bits per heavy atom. The summed E-state index contributed by atoms with van der Waals surface area (Å²) in [7, 11) is 0. The number of aliphatic hydroxyl groups excluding tert-OH is 2. The van der Waals surface area contributed by atoms with Gasteiger partial charge in [0.05, 0.1) is 17.8 Å². The van der Waals surface area contributed by atoms with Crippen LogP contribution in [0.5, 0.6) is 0 Å². The monoisotopic (exact) mass is 303 g/mol. The Hall–Kier alpha value is -1.60. The summed E-state index contributed by atoms with van der Waals surface area (Å²) in [5, 5.41) is 18.7. The number of hydrogen-bond acceptors (Lipinski definition) is 3. The third-order valence-electron chi connectivity index (χ3n) is 3.52. The van der Waals surface area contributed by atoms with Crippen molar-refractivity contribution < 1.29 is 28.2 Å². The highest BCUT2D eigenvalue weighted by Crippen LogP contribution is 2.29. The van der Waals surface area contributed by atoms with E-state index >= 15 is 0 Å². The van der Waals surface area contributed by atoms with Crippen molar-refractivity contribution >= 4 is 5.91 Å². The summed E-state index contributed by atoms with van der Waals surface area (Å²) in [6.07, 6.45) is -5.78. The molecule has 7 heteroatoms. The van der Waals surface area contributed by atoms with E-state index in [2.05, 4.69) is 0 Å². The second-order valence-corrected chi connectivity index (χ2v) is 5.13. The van der Waals surface area contributed by atoms with Crippen LogP contribution < -0.4 is 0 Å². The second kappa shape index (κ2) is 6.03. The fourth-order valence-corrected chi connectivity index (χ4v) is 2.24. The predicted octanol–water partition coefficient (Wildman–Crippen LogP) is 1.20. The number of carbonyl (C=O) groups is 1. The molecule has 0 spiro atoms. The van der Waals surface area contributed by atoms with Crippen LogP contribution >= 0.6 is 0 Å². The number of benzene rings is 1. The first-order valence-electron chi connectivity index (χ1n) is 6.57. The van der Waals surface area contributed by atoms with E-state index < -0.39 is 23.9 Å². The average molecular weight is 303 g/mol. The molecular formula is C14H16F3NO3. The Morgan fingerprint density at radius 2 is 1.67 bits per heavy atom. The number of likely N-dealkylation sites (tertiary alicyclic amines) is 1. The van der Waals surface area contributed by atoms with Crippen molar-refractivity contribution in [2.24, 2.45) is 0 Å². The zero-order valence-corrected chi connectivity index (χ0v) is 11.2. The molecule has 0 saturated carbocycles. The van der Waals surface area contributed by atoms with E-state index in [4.69, 9.17) is 0 Å². The van der Waals surface area contributed by atoms with Gasteiger partial charge in [0.25, 0.3) is 0 Å². The van der Waals surface area contributed by atoms with Gasteiger partial charge in [0.2, 0.25) is 5.91 Å². The minimum atomic E-state index is -4.36. The largest absolute Gasteiger partial charge is 0.416 e. The fraction of sp³-hybridized carbons (Fsp3) is 0.500. The van der Waals surface area contributed by atoms with Gasteiger partial charge >= 0.3 is 6.18 Å². The molecular weight excluding hydrogens is 287 g/mol. The normalized spacial score (nSPS) is 22.6. The molecule has 21 heavy (non-hydrogen) atoms. The number of aryl methyl sites for hydroxylation is 1. The number of β-amino-alcohol motifs (C(OH)–C–C–N with tert-alkyl or cyclic N) is 2. The highest BCUT2D eigenvalue weighted by Gasteiger charge is 2.32. The Morgan fingerprint density at radius 3 is 2.14 bits per heavy atom. The highest BCUT2D eigenvalue weighted by molar-refractivity contribution is 5.76. The minimum Gasteiger partial charge on any atom is -0.388 e. The summed E-state index contributed by atoms with van der Waals surface area (Å²) in [5.74, 6) is -0.231. The predicted molar refractivity (Wildman–Crippen MR) is 68.4 cm³/mol. The van der Waals surface area contributed by atoms with E-state index in [1.165, 1.54) is 17.0 Å². The molecule has 1 saturated heterocycles. The molecule has 0 radical (unpaired) electrons. The lowest BCUT2D eigenvalue weighted by Crippen LogP contribution is -2.29. The van der Waals surface area contributed by atoms with Gasteiger partial charge in [0, 0.05) is 19.5 Å². The SMILES string of the molecule is O=C(CCc1ccc(C(F)(F)F)cc1)N1C[C@@H](O)[C@H](O)C1. The van der Waals surface area contributed by atoms with Crippen molar-refractivity contribution in [3.05, 3.63) is 35.4 Å². The lowest BCUT2D eigenvalue weighted by Gasteiger charge is -2.15. The lowest BCUT2D eigenvalue weighted by molar-refractivity contribution is -0.137. The number of rotatable bonds is 3. The van der Waals surface area contributed by atoms with Crippen LogP contribution in [0.4, 0.5) is 13.2 Å². The van der Waals surface area contributed by atoms with Gasteiger partial charge in [-0.25, -0.2) is 0 Å². The summed E-state index contributed by atoms with van der Waals surface area (Å²) in [6, 6.07) is 4.68. The molecule has 1 aliphatic heterocycles. The number of alkyl halides is 3. The second-order valence-electron chi connectivity index (χ2n) is 5.13. The number of amides is 1. The summed E-state index contributed by atoms with van der Waals surface area (Å²) in [5.41, 5.74) is -0.0833. The maximum Gasteiger partial charge on any atom is 0.416 e. The third-order valence-corrected chi connectivity index (χ3v) is 3.52. The zero-order chi connectivity index (χ0) is 15.6. The van der Waals surface area contributed by atoms with Crippen LogP contribution in [-0.2, 0) is 17.4 Å². The van der Waals surface area contributed by atoms with E-state index in [1.807, 2.05) is 0 Å². The van der Waals surface area contributed by atoms with Crippen LogP contribution in [0.2, 0.25) is 0 Å². The van der Waals surface area contributed by atoms with Gasteiger partial charge in [-0.1, -0.05) is 12.1 Å². The van der Waals surface area contributed by atoms with Crippen molar-refractivity contribution in [1.82, 2.24) is 4.90 Å². The van der Waals surface area contributed by atoms with Crippen molar-refractivity contribution in [3.63, 3.8) is 0 Å². The molecule has 1 fully saturated rings. The molecule has 1 aliphatic rings. The summed E-state index contributed by atoms with van der Waals surface area (Å²) >= 11 is 0. The first-order valence-corrected chi connectivity index (χ1v) is 6.57. The van der Waals surface area contributed by atoms with Gasteiger partial charge in [-0.05, 0) is 24.1 Å². The molecule has 1 amide bonds. The third kappa shape index (κ3) is 3.95. The van der Waals surface area contributed by atoms with Crippen molar-refractivity contribution in [2.75, 3.05) is 13.1 Å². The minimum absolute atomic E-state index is 0.0903. The molecule has 0 aliphatic carbocycles. The van der Waals surface area contributed by atoms with Gasteiger partial charge in [0.1, 0.15) is 0 Å². The first kappa shape index (κ1) is 15.8. The molecule has 2 atom stereocenters. The molecule has 0 unspecified atom stereocenters. The first-order chi connectivity index (χ1) is 9.77. The van der Waals surface area contributed by atoms with Crippen LogP contribution in [0.3, 0.4) is 0 Å². The standard InChI is InChI=1S/C14H16F3NO3/c15-14(16,17)10-4-1-9(2-5-10)3-6-13(21)18-7-11(19)12(20)8-18/h1-2,4-5,11-12,19-20H,3,6-8H2/t11-,12-/m1/s1. The van der Waals surface area contributed by atoms with Crippen LogP contribution in [0.1, 0.15) is 17.5 Å². The van der Waals surface area contributed by atoms with E-state index in [0.717, 1.165) is 12.1 Å². The lowest BCUT2D eigenvalue weighted by atomic mass is 10.1. The molecule has 2 rings (SSSR count). The van der Waals surface area contributed by atoms with Crippen LogP contribution in [0.25, 0.3) is 0 Å². The van der Waals surface area contributed by atoms with Gasteiger partial charge in [-0.3, -0.25) is 4.79 Å². The van der Waals surface area contributed by atoms with Crippen LogP contribution in [0.15, 0.2) is 24.3 Å². The summed E-state index contributed by atoms with van der Waals surface area (Å²) < 4.78 is 37.2. The Bertz CT molecular complexity index is 491. The smallest absolute Gasteiger partial charge is 0.388 e. The summed E-state index contributed by atoms with van der Waals surface area (Å²) in [4.78, 5) is 13.2. The number of hydrogen-bond donors (Lipinski definition) is 2. The molecule has 2 N–H and O–H groups in total. The Balaban J connectivity index is 1.87. The summed E-state index contributed by atoms with van der Waals surface area (Å²) in [6.45, 7) is 0.181. The van der Waals surface area contributed by atoms with E-state index in [1.54, 1.807) is 0 Å². The molecule has 1 aromatic rings. The Kier molecular flexibility index (Phi) is 4.53. The van der Waals surface area contributed by atoms with Crippen molar-refractivity contribution in [3.8, 4) is 0 Å². The molecule has 1 aromatic carbocycles. The van der Waals surface area contributed by atoms with Gasteiger partial charge in [-0.2, -0.15) is 13.2 Å². The fourth-order valence-electron chi connectivity index (χ4n) is 2.24. The van der Waals surface area contributed by atoms with Crippen LogP contribution in [0, 0.1) is 0 Å². The van der Waals surface area contributed by atoms with Crippen molar-refractivity contribution in [2.45, 2.75) is 31.2 Å². The average Bonchev–Trinajstić information content (AvgIpc) is 2.75. The zero-order valence-electron chi connectivity index (χ0n) is 11.2. The number of halogens is 3. The highest BCUT2D eigenvalue weighted by atomic mass is 19.4. The maximum absolute atomic E-state index is 12.4. The molecule has 1 heterocycles. The van der Waals surface area contributed by atoms with E-state index in [9.17, 15) is 28.2 Å². The number of carbonyl (C=O) groups excluding carboxylic acids is 1. The van der Waals surface area contributed by atoms with E-state index in [0.29, 0.717) is 12.0 Å². The molecule has 4 nitrogen and oxygen atoms in total. The maximum atomic E-state index is 12.4. The molecule has 0 bridgehead atoms. The topological polar surface area (TPSA) is 60.8 Å². The molecule has 0 aromatic heterocycles. The Labute approximate surface area is 119 Å². The van der Waals surface area contributed by atoms with Gasteiger partial charge in [-0.15, -0.1) is 0 Å². The van der Waals surface area contributed by atoms with Gasteiger partial charge < -0.3 is 15.1 Å².